The Hall–Kier alpha value is -2.63. The summed E-state index contributed by atoms with van der Waals surface area (Å²) in [6.07, 6.45) is 0. The summed E-state index contributed by atoms with van der Waals surface area (Å²) in [4.78, 5) is 24.1. The molecule has 0 radical (unpaired) electrons. The summed E-state index contributed by atoms with van der Waals surface area (Å²) in [7, 11) is 0. The molecule has 0 aliphatic rings. The van der Waals surface area contributed by atoms with Crippen LogP contribution < -0.4 is 10.9 Å². The van der Waals surface area contributed by atoms with Crippen molar-refractivity contribution >= 4 is 34.8 Å². The van der Waals surface area contributed by atoms with Crippen molar-refractivity contribution in [1.29, 1.82) is 0 Å². The maximum atomic E-state index is 12.2. The number of halogens is 2. The third kappa shape index (κ3) is 4.47. The SMILES string of the molecule is O=C(Cn1nc(-c2ccc(Cl)cc2)ccc1=O)Nc1ccc(Cl)cc1. The van der Waals surface area contributed by atoms with Crippen molar-refractivity contribution in [2.75, 3.05) is 5.32 Å². The fourth-order valence-electron chi connectivity index (χ4n) is 2.21. The van der Waals surface area contributed by atoms with E-state index >= 15 is 0 Å². The Kier molecular flexibility index (Phi) is 5.16. The minimum absolute atomic E-state index is 0.192. The van der Waals surface area contributed by atoms with Gasteiger partial charge in [0.05, 0.1) is 5.69 Å². The Bertz CT molecular complexity index is 951. The van der Waals surface area contributed by atoms with Crippen LogP contribution in [-0.2, 0) is 11.3 Å². The smallest absolute Gasteiger partial charge is 0.267 e. The van der Waals surface area contributed by atoms with Crippen LogP contribution in [0.3, 0.4) is 0 Å². The molecule has 0 atom stereocenters. The molecule has 2 aromatic carbocycles. The number of benzene rings is 2. The first-order valence-corrected chi connectivity index (χ1v) is 8.16. The average molecular weight is 374 g/mol. The van der Waals surface area contributed by atoms with Gasteiger partial charge in [-0.25, -0.2) is 4.68 Å². The second-order valence-corrected chi connectivity index (χ2v) is 6.15. The molecule has 7 heteroatoms. The van der Waals surface area contributed by atoms with E-state index in [4.69, 9.17) is 23.2 Å². The van der Waals surface area contributed by atoms with Gasteiger partial charge in [0.2, 0.25) is 5.91 Å². The van der Waals surface area contributed by atoms with Crippen molar-refractivity contribution in [1.82, 2.24) is 9.78 Å². The molecule has 3 rings (SSSR count). The molecular weight excluding hydrogens is 361 g/mol. The molecule has 0 unspecified atom stereocenters. The zero-order valence-corrected chi connectivity index (χ0v) is 14.5. The second-order valence-electron chi connectivity index (χ2n) is 5.28. The number of carbonyl (C=O) groups is 1. The molecule has 1 amide bonds. The largest absolute Gasteiger partial charge is 0.324 e. The molecule has 0 aliphatic heterocycles. The van der Waals surface area contributed by atoms with Crippen LogP contribution in [0.25, 0.3) is 11.3 Å². The van der Waals surface area contributed by atoms with E-state index in [2.05, 4.69) is 10.4 Å². The Labute approximate surface area is 153 Å². The maximum Gasteiger partial charge on any atom is 0.267 e. The number of aromatic nitrogens is 2. The monoisotopic (exact) mass is 373 g/mol. The average Bonchev–Trinajstić information content (AvgIpc) is 2.60. The van der Waals surface area contributed by atoms with Crippen LogP contribution in [0, 0.1) is 0 Å². The molecule has 0 saturated carbocycles. The summed E-state index contributed by atoms with van der Waals surface area (Å²) < 4.78 is 1.12. The summed E-state index contributed by atoms with van der Waals surface area (Å²) in [5.74, 6) is -0.356. The highest BCUT2D eigenvalue weighted by atomic mass is 35.5. The minimum atomic E-state index is -0.357. The van der Waals surface area contributed by atoms with Gasteiger partial charge in [-0.05, 0) is 42.5 Å². The van der Waals surface area contributed by atoms with Crippen molar-refractivity contribution in [3.8, 4) is 11.3 Å². The van der Waals surface area contributed by atoms with Crippen LogP contribution in [0.5, 0.6) is 0 Å². The Morgan fingerprint density at radius 2 is 1.52 bits per heavy atom. The lowest BCUT2D eigenvalue weighted by Gasteiger charge is -2.08. The van der Waals surface area contributed by atoms with E-state index < -0.39 is 0 Å². The van der Waals surface area contributed by atoms with Crippen LogP contribution in [0.15, 0.2) is 65.5 Å². The highest BCUT2D eigenvalue weighted by Crippen LogP contribution is 2.18. The molecule has 0 fully saturated rings. The number of anilines is 1. The number of nitrogens with one attached hydrogen (secondary N) is 1. The van der Waals surface area contributed by atoms with Gasteiger partial charge < -0.3 is 5.32 Å². The van der Waals surface area contributed by atoms with Crippen LogP contribution in [0.2, 0.25) is 10.0 Å². The summed E-state index contributed by atoms with van der Waals surface area (Å²) in [6, 6.07) is 16.8. The predicted octanol–water partition coefficient (Wildman–Crippen LogP) is 3.86. The molecular formula is C18H13Cl2N3O2. The molecule has 0 spiro atoms. The molecule has 1 N–H and O–H groups in total. The lowest BCUT2D eigenvalue weighted by atomic mass is 10.1. The van der Waals surface area contributed by atoms with Crippen LogP contribution in [0.4, 0.5) is 5.69 Å². The molecule has 126 valence electrons. The Balaban J connectivity index is 1.78. The van der Waals surface area contributed by atoms with Crippen molar-refractivity contribution < 1.29 is 4.79 Å². The lowest BCUT2D eigenvalue weighted by molar-refractivity contribution is -0.117. The van der Waals surface area contributed by atoms with Gasteiger partial charge in [-0.2, -0.15) is 5.10 Å². The van der Waals surface area contributed by atoms with Crippen LogP contribution in [-0.4, -0.2) is 15.7 Å². The van der Waals surface area contributed by atoms with E-state index in [1.165, 1.54) is 6.07 Å². The standard InChI is InChI=1S/C18H13Cl2N3O2/c19-13-3-1-12(2-4-13)16-9-10-18(25)23(22-16)11-17(24)21-15-7-5-14(20)6-8-15/h1-10H,11H2,(H,21,24). The first-order valence-electron chi connectivity index (χ1n) is 7.41. The second kappa shape index (κ2) is 7.51. The fourth-order valence-corrected chi connectivity index (χ4v) is 2.46. The number of hydrogen-bond acceptors (Lipinski definition) is 3. The summed E-state index contributed by atoms with van der Waals surface area (Å²) >= 11 is 11.7. The molecule has 1 heterocycles. The summed E-state index contributed by atoms with van der Waals surface area (Å²) in [5.41, 5.74) is 1.62. The number of amides is 1. The fraction of sp³-hybridized carbons (Fsp3) is 0.0556. The van der Waals surface area contributed by atoms with Gasteiger partial charge in [0, 0.05) is 27.4 Å². The number of nitrogens with zero attached hydrogens (tertiary/aromatic N) is 2. The first-order chi connectivity index (χ1) is 12.0. The molecule has 5 nitrogen and oxygen atoms in total. The van der Waals surface area contributed by atoms with E-state index in [0.717, 1.165) is 10.2 Å². The minimum Gasteiger partial charge on any atom is -0.324 e. The predicted molar refractivity (Wildman–Crippen MR) is 99.0 cm³/mol. The van der Waals surface area contributed by atoms with Gasteiger partial charge in [-0.15, -0.1) is 0 Å². The topological polar surface area (TPSA) is 64.0 Å². The molecule has 0 saturated heterocycles. The number of rotatable bonds is 4. The van der Waals surface area contributed by atoms with E-state index in [-0.39, 0.29) is 18.0 Å². The number of hydrogen-bond donors (Lipinski definition) is 1. The van der Waals surface area contributed by atoms with Gasteiger partial charge in [0.1, 0.15) is 6.54 Å². The van der Waals surface area contributed by atoms with E-state index in [1.54, 1.807) is 54.6 Å². The Morgan fingerprint density at radius 3 is 2.16 bits per heavy atom. The van der Waals surface area contributed by atoms with Crippen molar-refractivity contribution in [2.45, 2.75) is 6.54 Å². The molecule has 3 aromatic rings. The van der Waals surface area contributed by atoms with E-state index in [1.807, 2.05) is 0 Å². The van der Waals surface area contributed by atoms with Gasteiger partial charge in [-0.1, -0.05) is 35.3 Å². The normalized spacial score (nSPS) is 10.5. The quantitative estimate of drug-likeness (QED) is 0.755. The van der Waals surface area contributed by atoms with E-state index in [0.29, 0.717) is 21.4 Å². The van der Waals surface area contributed by atoms with Crippen molar-refractivity contribution in [3.05, 3.63) is 81.1 Å². The zero-order valence-electron chi connectivity index (χ0n) is 12.9. The van der Waals surface area contributed by atoms with Crippen LogP contribution in [0.1, 0.15) is 0 Å². The van der Waals surface area contributed by atoms with Gasteiger partial charge in [0.25, 0.3) is 5.56 Å². The van der Waals surface area contributed by atoms with Gasteiger partial charge in [0.15, 0.2) is 0 Å². The summed E-state index contributed by atoms with van der Waals surface area (Å²) in [5, 5.41) is 8.13. The number of carbonyl (C=O) groups excluding carboxylic acids is 1. The van der Waals surface area contributed by atoms with Crippen molar-refractivity contribution in [3.63, 3.8) is 0 Å². The highest BCUT2D eigenvalue weighted by Gasteiger charge is 2.08. The Morgan fingerprint density at radius 1 is 0.920 bits per heavy atom. The van der Waals surface area contributed by atoms with Gasteiger partial charge >= 0.3 is 0 Å². The summed E-state index contributed by atoms with van der Waals surface area (Å²) in [6.45, 7) is -0.192. The molecule has 0 aliphatic carbocycles. The maximum absolute atomic E-state index is 12.2. The van der Waals surface area contributed by atoms with E-state index in [9.17, 15) is 9.59 Å². The highest BCUT2D eigenvalue weighted by molar-refractivity contribution is 6.30. The molecule has 1 aromatic heterocycles. The third-order valence-electron chi connectivity index (χ3n) is 3.43. The van der Waals surface area contributed by atoms with Gasteiger partial charge in [-0.3, -0.25) is 9.59 Å². The molecule has 0 bridgehead atoms. The van der Waals surface area contributed by atoms with Crippen molar-refractivity contribution in [2.24, 2.45) is 0 Å². The first kappa shape index (κ1) is 17.2. The van der Waals surface area contributed by atoms with Crippen LogP contribution >= 0.6 is 23.2 Å². The lowest BCUT2D eigenvalue weighted by Crippen LogP contribution is -2.29. The zero-order chi connectivity index (χ0) is 17.8. The molecule has 25 heavy (non-hydrogen) atoms. The third-order valence-corrected chi connectivity index (χ3v) is 3.93.